The van der Waals surface area contributed by atoms with Crippen molar-refractivity contribution in [2.24, 2.45) is 4.99 Å². The van der Waals surface area contributed by atoms with E-state index < -0.39 is 0 Å². The van der Waals surface area contributed by atoms with E-state index in [4.69, 9.17) is 0 Å². The Morgan fingerprint density at radius 2 is 2.30 bits per heavy atom. The maximum Gasteiger partial charge on any atom is 0.324 e. The Balaban J connectivity index is 0.00000264. The van der Waals surface area contributed by atoms with Gasteiger partial charge in [-0.15, -0.1) is 35.3 Å². The van der Waals surface area contributed by atoms with Crippen LogP contribution in [0.25, 0.3) is 0 Å². The molecule has 1 aromatic heterocycles. The number of carbonyl (C=O) groups is 2. The zero-order valence-electron chi connectivity index (χ0n) is 13.2. The summed E-state index contributed by atoms with van der Waals surface area (Å²) in [5, 5.41) is 11.0. The normalized spacial score (nSPS) is 15.9. The summed E-state index contributed by atoms with van der Waals surface area (Å²) in [5.74, 6) is 0.473. The lowest BCUT2D eigenvalue weighted by atomic mass is 10.3. The minimum atomic E-state index is -0.342. The quantitative estimate of drug-likeness (QED) is 0.265. The molecule has 0 spiro atoms. The van der Waals surface area contributed by atoms with Gasteiger partial charge in [0, 0.05) is 11.4 Å². The van der Waals surface area contributed by atoms with E-state index in [-0.39, 0.29) is 55.0 Å². The number of guanidine groups is 1. The number of hydrogen-bond acceptors (Lipinski definition) is 4. The molecule has 3 amide bonds. The molecule has 0 bridgehead atoms. The van der Waals surface area contributed by atoms with E-state index >= 15 is 0 Å². The molecule has 1 fully saturated rings. The summed E-state index contributed by atoms with van der Waals surface area (Å²) in [5.41, 5.74) is 0. The summed E-state index contributed by atoms with van der Waals surface area (Å²) in [7, 11) is 0. The number of halogens is 1. The van der Waals surface area contributed by atoms with Gasteiger partial charge in [0.15, 0.2) is 5.96 Å². The van der Waals surface area contributed by atoms with Gasteiger partial charge in [-0.3, -0.25) is 14.7 Å². The Labute approximate surface area is 156 Å². The second-order valence-electron chi connectivity index (χ2n) is 4.85. The maximum absolute atomic E-state index is 11.5. The number of nitrogens with one attached hydrogen (secondary N) is 3. The number of rotatable bonds is 6. The molecular formula is C14H22IN5O2S. The van der Waals surface area contributed by atoms with Crippen LogP contribution in [0.5, 0.6) is 0 Å². The first-order valence-electron chi connectivity index (χ1n) is 7.28. The zero-order valence-corrected chi connectivity index (χ0v) is 16.3. The molecule has 2 rings (SSSR count). The number of nitrogens with zero attached hydrogens (tertiary/aromatic N) is 2. The monoisotopic (exact) mass is 451 g/mol. The van der Waals surface area contributed by atoms with Crippen molar-refractivity contribution in [2.75, 3.05) is 26.2 Å². The predicted molar refractivity (Wildman–Crippen MR) is 102 cm³/mol. The van der Waals surface area contributed by atoms with Gasteiger partial charge in [-0.1, -0.05) is 6.07 Å². The minimum absolute atomic E-state index is 0. The number of carbonyl (C=O) groups excluding carboxylic acids is 2. The lowest BCUT2D eigenvalue weighted by Crippen LogP contribution is -2.39. The van der Waals surface area contributed by atoms with Gasteiger partial charge in [0.25, 0.3) is 0 Å². The molecule has 3 N–H and O–H groups in total. The molecular weight excluding hydrogens is 429 g/mol. The molecule has 0 aliphatic carbocycles. The van der Waals surface area contributed by atoms with Crippen LogP contribution in [0.2, 0.25) is 0 Å². The van der Waals surface area contributed by atoms with E-state index in [9.17, 15) is 9.59 Å². The third kappa shape index (κ3) is 5.65. The van der Waals surface area contributed by atoms with Crippen LogP contribution in [0.3, 0.4) is 0 Å². The molecule has 9 heteroatoms. The first-order chi connectivity index (χ1) is 10.6. The highest BCUT2D eigenvalue weighted by atomic mass is 127. The molecule has 128 valence electrons. The van der Waals surface area contributed by atoms with Gasteiger partial charge in [0.2, 0.25) is 5.91 Å². The van der Waals surface area contributed by atoms with Crippen LogP contribution >= 0.6 is 35.3 Å². The number of imide groups is 1. The van der Waals surface area contributed by atoms with E-state index in [1.807, 2.05) is 18.4 Å². The minimum Gasteiger partial charge on any atom is -0.357 e. The Bertz CT molecular complexity index is 533. The van der Waals surface area contributed by atoms with Crippen molar-refractivity contribution in [2.45, 2.75) is 19.9 Å². The topological polar surface area (TPSA) is 85.8 Å². The zero-order chi connectivity index (χ0) is 15.9. The third-order valence-corrected chi connectivity index (χ3v) is 4.25. The second kappa shape index (κ2) is 9.71. The third-order valence-electron chi connectivity index (χ3n) is 3.20. The lowest BCUT2D eigenvalue weighted by molar-refractivity contribution is -0.124. The van der Waals surface area contributed by atoms with Gasteiger partial charge in [-0.05, 0) is 25.3 Å². The first kappa shape index (κ1) is 19.7. The highest BCUT2D eigenvalue weighted by Crippen LogP contribution is 2.17. The summed E-state index contributed by atoms with van der Waals surface area (Å²) in [6.45, 7) is 5.53. The average molecular weight is 451 g/mol. The van der Waals surface area contributed by atoms with Gasteiger partial charge >= 0.3 is 6.03 Å². The summed E-state index contributed by atoms with van der Waals surface area (Å²) in [6, 6.07) is 3.89. The number of amides is 3. The van der Waals surface area contributed by atoms with Crippen molar-refractivity contribution in [3.63, 3.8) is 0 Å². The van der Waals surface area contributed by atoms with E-state index in [1.165, 1.54) is 9.78 Å². The van der Waals surface area contributed by atoms with Crippen LogP contribution in [0.15, 0.2) is 22.5 Å². The Morgan fingerprint density at radius 3 is 2.87 bits per heavy atom. The molecule has 2 heterocycles. The molecule has 1 aliphatic rings. The standard InChI is InChI=1S/C14H21N5O2S.HI/c1-3-15-13(18-10(2)11-5-4-8-22-11)16-6-7-19-12(20)9-17-14(19)21;/h4-5,8,10H,3,6-7,9H2,1-2H3,(H,17,21)(H2,15,16,18);1H. The molecule has 1 aromatic rings. The van der Waals surface area contributed by atoms with Crippen molar-refractivity contribution < 1.29 is 9.59 Å². The molecule has 0 saturated carbocycles. The van der Waals surface area contributed by atoms with Crippen molar-refractivity contribution in [1.29, 1.82) is 0 Å². The van der Waals surface area contributed by atoms with Crippen LogP contribution < -0.4 is 16.0 Å². The Morgan fingerprint density at radius 1 is 1.52 bits per heavy atom. The van der Waals surface area contributed by atoms with Crippen LogP contribution in [-0.2, 0) is 4.79 Å². The molecule has 0 radical (unpaired) electrons. The molecule has 1 aliphatic heterocycles. The van der Waals surface area contributed by atoms with E-state index in [1.54, 1.807) is 11.3 Å². The Kier molecular flexibility index (Phi) is 8.31. The molecule has 1 atom stereocenters. The van der Waals surface area contributed by atoms with Crippen molar-refractivity contribution in [3.05, 3.63) is 22.4 Å². The second-order valence-corrected chi connectivity index (χ2v) is 5.83. The SMILES string of the molecule is CCNC(=NCCN1C(=O)CNC1=O)NC(C)c1cccs1.I. The van der Waals surface area contributed by atoms with Crippen LogP contribution in [-0.4, -0.2) is 49.0 Å². The van der Waals surface area contributed by atoms with Crippen LogP contribution in [0, 0.1) is 0 Å². The number of hydrogen-bond donors (Lipinski definition) is 3. The molecule has 1 unspecified atom stereocenters. The largest absolute Gasteiger partial charge is 0.357 e. The summed E-state index contributed by atoms with van der Waals surface area (Å²) < 4.78 is 0. The summed E-state index contributed by atoms with van der Waals surface area (Å²) in [6.07, 6.45) is 0. The van der Waals surface area contributed by atoms with Crippen LogP contribution in [0.1, 0.15) is 24.8 Å². The molecule has 1 saturated heterocycles. The van der Waals surface area contributed by atoms with E-state index in [2.05, 4.69) is 33.9 Å². The van der Waals surface area contributed by atoms with E-state index in [0.29, 0.717) is 12.5 Å². The van der Waals surface area contributed by atoms with Gasteiger partial charge < -0.3 is 16.0 Å². The van der Waals surface area contributed by atoms with Crippen molar-refractivity contribution in [3.8, 4) is 0 Å². The fourth-order valence-corrected chi connectivity index (χ4v) is 2.81. The fraction of sp³-hybridized carbons (Fsp3) is 0.500. The maximum atomic E-state index is 11.5. The lowest BCUT2D eigenvalue weighted by Gasteiger charge is -2.17. The highest BCUT2D eigenvalue weighted by molar-refractivity contribution is 14.0. The van der Waals surface area contributed by atoms with E-state index in [0.717, 1.165) is 6.54 Å². The summed E-state index contributed by atoms with van der Waals surface area (Å²) in [4.78, 5) is 29.8. The number of aliphatic imine (C=N–C) groups is 1. The number of urea groups is 1. The predicted octanol–water partition coefficient (Wildman–Crippen LogP) is 1.53. The number of thiophene rings is 1. The smallest absolute Gasteiger partial charge is 0.324 e. The van der Waals surface area contributed by atoms with Crippen molar-refractivity contribution >= 4 is 53.2 Å². The Hall–Kier alpha value is -1.36. The van der Waals surface area contributed by atoms with Crippen LogP contribution in [0.4, 0.5) is 4.79 Å². The van der Waals surface area contributed by atoms with Gasteiger partial charge in [-0.2, -0.15) is 0 Å². The molecule has 7 nitrogen and oxygen atoms in total. The van der Waals surface area contributed by atoms with Crippen molar-refractivity contribution in [1.82, 2.24) is 20.9 Å². The first-order valence-corrected chi connectivity index (χ1v) is 8.16. The van der Waals surface area contributed by atoms with Gasteiger partial charge in [-0.25, -0.2) is 4.79 Å². The fourth-order valence-electron chi connectivity index (χ4n) is 2.08. The molecule has 0 aromatic carbocycles. The molecule has 23 heavy (non-hydrogen) atoms. The highest BCUT2D eigenvalue weighted by Gasteiger charge is 2.27. The average Bonchev–Trinajstić information content (AvgIpc) is 3.12. The summed E-state index contributed by atoms with van der Waals surface area (Å²) >= 11 is 1.68. The van der Waals surface area contributed by atoms with Gasteiger partial charge in [0.05, 0.1) is 25.7 Å². The van der Waals surface area contributed by atoms with Gasteiger partial charge in [0.1, 0.15) is 0 Å².